The van der Waals surface area contributed by atoms with Crippen LogP contribution < -0.4 is 5.32 Å². The topological polar surface area (TPSA) is 79.4 Å². The molecule has 0 bridgehead atoms. The molecule has 1 amide bonds. The van der Waals surface area contributed by atoms with E-state index in [9.17, 15) is 13.2 Å². The van der Waals surface area contributed by atoms with Crippen LogP contribution in [-0.4, -0.2) is 36.7 Å². The lowest BCUT2D eigenvalue weighted by atomic mass is 9.97. The molecule has 0 aliphatic carbocycles. The van der Waals surface area contributed by atoms with Crippen molar-refractivity contribution in [2.24, 2.45) is 5.92 Å². The van der Waals surface area contributed by atoms with Crippen molar-refractivity contribution in [3.63, 3.8) is 0 Å². The quantitative estimate of drug-likeness (QED) is 0.402. The van der Waals surface area contributed by atoms with Crippen molar-refractivity contribution in [2.45, 2.75) is 24.7 Å². The second kappa shape index (κ2) is 8.98. The van der Waals surface area contributed by atoms with Gasteiger partial charge in [-0.25, -0.2) is 13.4 Å². The zero-order valence-corrected chi connectivity index (χ0v) is 20.5. The number of amides is 1. The number of thiazole rings is 1. The lowest BCUT2D eigenvalue weighted by Gasteiger charge is -2.30. The summed E-state index contributed by atoms with van der Waals surface area (Å²) in [5, 5.41) is 6.69. The van der Waals surface area contributed by atoms with E-state index in [1.54, 1.807) is 35.6 Å². The van der Waals surface area contributed by atoms with Gasteiger partial charge in [0.05, 0.1) is 15.1 Å². The molecule has 0 spiro atoms. The third-order valence-corrected chi connectivity index (χ3v) is 9.72. The van der Waals surface area contributed by atoms with Gasteiger partial charge in [0.2, 0.25) is 15.9 Å². The molecule has 170 valence electrons. The van der Waals surface area contributed by atoms with Crippen LogP contribution in [0.3, 0.4) is 0 Å². The van der Waals surface area contributed by atoms with E-state index in [0.29, 0.717) is 30.8 Å². The minimum atomic E-state index is -3.54. The molecular weight excluding hydrogens is 474 g/mol. The van der Waals surface area contributed by atoms with Gasteiger partial charge in [-0.1, -0.05) is 29.8 Å². The molecule has 3 heterocycles. The van der Waals surface area contributed by atoms with Crippen LogP contribution in [-0.2, 0) is 14.8 Å². The highest BCUT2D eigenvalue weighted by molar-refractivity contribution is 7.89. The largest absolute Gasteiger partial charge is 0.317 e. The minimum Gasteiger partial charge on any atom is -0.317 e. The Labute approximate surface area is 201 Å². The Balaban J connectivity index is 1.25. The van der Waals surface area contributed by atoms with Gasteiger partial charge in [-0.3, -0.25) is 4.79 Å². The smallest absolute Gasteiger partial charge is 0.243 e. The Morgan fingerprint density at radius 1 is 1.06 bits per heavy atom. The summed E-state index contributed by atoms with van der Waals surface area (Å²) in [4.78, 5) is 18.0. The van der Waals surface area contributed by atoms with E-state index in [1.807, 2.05) is 42.6 Å². The number of benzene rings is 2. The molecule has 1 aliphatic rings. The summed E-state index contributed by atoms with van der Waals surface area (Å²) in [6.07, 6.45) is 0.998. The molecule has 6 nitrogen and oxygen atoms in total. The maximum absolute atomic E-state index is 13.0. The second-order valence-corrected chi connectivity index (χ2v) is 12.0. The third kappa shape index (κ3) is 4.46. The highest BCUT2D eigenvalue weighted by atomic mass is 32.2. The fourth-order valence-corrected chi connectivity index (χ4v) is 7.32. The molecular formula is C24H23N3O3S3. The standard InChI is InChI=1S/C24H23N3O3S3/c1-16-6-8-18(9-7-16)33(29,30)27-13-10-17(11-14-27)22(28)26-23-19(12-15-31-23)24-25-20-4-2-3-5-21(20)32-24/h2-9,12,15,17H,10-11,13-14H2,1H3,(H,26,28). The van der Waals surface area contributed by atoms with E-state index in [-0.39, 0.29) is 11.8 Å². The van der Waals surface area contributed by atoms with Gasteiger partial charge in [0, 0.05) is 24.6 Å². The lowest BCUT2D eigenvalue weighted by molar-refractivity contribution is -0.120. The van der Waals surface area contributed by atoms with Crippen LogP contribution in [0, 0.1) is 12.8 Å². The number of hydrogen-bond donors (Lipinski definition) is 1. The molecule has 1 saturated heterocycles. The van der Waals surface area contributed by atoms with E-state index in [4.69, 9.17) is 4.98 Å². The first kappa shape index (κ1) is 22.2. The summed E-state index contributed by atoms with van der Waals surface area (Å²) in [5.41, 5.74) is 2.89. The zero-order chi connectivity index (χ0) is 23.0. The maximum atomic E-state index is 13.0. The number of sulfonamides is 1. The summed E-state index contributed by atoms with van der Waals surface area (Å²) in [5.74, 6) is -0.285. The number of aromatic nitrogens is 1. The number of hydrogen-bond acceptors (Lipinski definition) is 6. The summed E-state index contributed by atoms with van der Waals surface area (Å²) in [6, 6.07) is 16.9. The van der Waals surface area contributed by atoms with E-state index in [2.05, 4.69) is 5.32 Å². The molecule has 0 radical (unpaired) electrons. The van der Waals surface area contributed by atoms with Crippen LogP contribution in [0.1, 0.15) is 18.4 Å². The number of nitrogens with one attached hydrogen (secondary N) is 1. The number of carbonyl (C=O) groups excluding carboxylic acids is 1. The lowest BCUT2D eigenvalue weighted by Crippen LogP contribution is -2.41. The Hall–Kier alpha value is -2.59. The monoisotopic (exact) mass is 497 g/mol. The number of rotatable bonds is 5. The Kier molecular flexibility index (Phi) is 6.05. The highest BCUT2D eigenvalue weighted by Crippen LogP contribution is 2.38. The molecule has 9 heteroatoms. The van der Waals surface area contributed by atoms with Crippen molar-refractivity contribution >= 4 is 53.8 Å². The maximum Gasteiger partial charge on any atom is 0.243 e. The fourth-order valence-electron chi connectivity index (χ4n) is 3.99. The highest BCUT2D eigenvalue weighted by Gasteiger charge is 2.32. The SMILES string of the molecule is Cc1ccc(S(=O)(=O)N2CCC(C(=O)Nc3sccc3-c3nc4ccccc4s3)CC2)cc1. The number of aryl methyl sites for hydroxylation is 1. The van der Waals surface area contributed by atoms with Gasteiger partial charge in [0.25, 0.3) is 0 Å². The Morgan fingerprint density at radius 3 is 2.52 bits per heavy atom. The van der Waals surface area contributed by atoms with Crippen LogP contribution in [0.2, 0.25) is 0 Å². The molecule has 0 saturated carbocycles. The number of carbonyl (C=O) groups is 1. The number of piperidine rings is 1. The molecule has 1 fully saturated rings. The number of fused-ring (bicyclic) bond motifs is 1. The summed E-state index contributed by atoms with van der Waals surface area (Å²) in [6.45, 7) is 2.60. The van der Waals surface area contributed by atoms with Crippen molar-refractivity contribution in [3.8, 4) is 10.6 Å². The molecule has 2 aromatic carbocycles. The third-order valence-electron chi connectivity index (χ3n) is 5.91. The number of thiophene rings is 1. The zero-order valence-electron chi connectivity index (χ0n) is 18.0. The summed E-state index contributed by atoms with van der Waals surface area (Å²) in [7, 11) is -3.54. The molecule has 4 aromatic rings. The number of para-hydroxylation sites is 1. The Bertz CT molecular complexity index is 1370. The minimum absolute atomic E-state index is 0.0628. The molecule has 0 atom stereocenters. The van der Waals surface area contributed by atoms with Crippen molar-refractivity contribution in [1.82, 2.24) is 9.29 Å². The van der Waals surface area contributed by atoms with Crippen molar-refractivity contribution in [3.05, 3.63) is 65.5 Å². The summed E-state index contributed by atoms with van der Waals surface area (Å²) >= 11 is 3.08. The molecule has 1 N–H and O–H groups in total. The van der Waals surface area contributed by atoms with Gasteiger partial charge >= 0.3 is 0 Å². The second-order valence-electron chi connectivity index (χ2n) is 8.13. The van der Waals surface area contributed by atoms with Gasteiger partial charge in [-0.15, -0.1) is 22.7 Å². The van der Waals surface area contributed by atoms with Gasteiger partial charge < -0.3 is 5.32 Å². The van der Waals surface area contributed by atoms with Gasteiger partial charge in [-0.05, 0) is 55.5 Å². The van der Waals surface area contributed by atoms with Crippen molar-refractivity contribution in [1.29, 1.82) is 0 Å². The first-order chi connectivity index (χ1) is 15.9. The molecule has 0 unspecified atom stereocenters. The first-order valence-corrected chi connectivity index (χ1v) is 13.9. The fraction of sp³-hybridized carbons (Fsp3) is 0.250. The molecule has 5 rings (SSSR count). The normalized spacial score (nSPS) is 15.7. The van der Waals surface area contributed by atoms with Crippen LogP contribution in [0.4, 0.5) is 5.00 Å². The van der Waals surface area contributed by atoms with Gasteiger partial charge in [-0.2, -0.15) is 4.31 Å². The predicted molar refractivity (Wildman–Crippen MR) is 134 cm³/mol. The van der Waals surface area contributed by atoms with Gasteiger partial charge in [0.15, 0.2) is 0 Å². The molecule has 2 aromatic heterocycles. The molecule has 1 aliphatic heterocycles. The van der Waals surface area contributed by atoms with Crippen LogP contribution >= 0.6 is 22.7 Å². The van der Waals surface area contributed by atoms with E-state index < -0.39 is 10.0 Å². The average molecular weight is 498 g/mol. The number of anilines is 1. The molecule has 33 heavy (non-hydrogen) atoms. The predicted octanol–water partition coefficient (Wildman–Crippen LogP) is 5.37. The van der Waals surface area contributed by atoms with E-state index >= 15 is 0 Å². The summed E-state index contributed by atoms with van der Waals surface area (Å²) < 4.78 is 28.5. The van der Waals surface area contributed by atoms with Crippen LogP contribution in [0.5, 0.6) is 0 Å². The number of nitrogens with zero attached hydrogens (tertiary/aromatic N) is 2. The van der Waals surface area contributed by atoms with Gasteiger partial charge in [0.1, 0.15) is 10.0 Å². The van der Waals surface area contributed by atoms with E-state index in [0.717, 1.165) is 31.4 Å². The van der Waals surface area contributed by atoms with Crippen molar-refractivity contribution in [2.75, 3.05) is 18.4 Å². The average Bonchev–Trinajstić information content (AvgIpc) is 3.46. The van der Waals surface area contributed by atoms with E-state index in [1.165, 1.54) is 15.6 Å². The van der Waals surface area contributed by atoms with Crippen LogP contribution in [0.15, 0.2) is 64.9 Å². The van der Waals surface area contributed by atoms with Crippen LogP contribution in [0.25, 0.3) is 20.8 Å². The first-order valence-electron chi connectivity index (χ1n) is 10.7. The Morgan fingerprint density at radius 2 is 1.79 bits per heavy atom. The van der Waals surface area contributed by atoms with Crippen molar-refractivity contribution < 1.29 is 13.2 Å².